The summed E-state index contributed by atoms with van der Waals surface area (Å²) < 4.78 is 6.24. The van der Waals surface area contributed by atoms with Gasteiger partial charge in [0.25, 0.3) is 0 Å². The first-order chi connectivity index (χ1) is 2.50. The van der Waals surface area contributed by atoms with E-state index in [9.17, 15) is 0 Å². The van der Waals surface area contributed by atoms with E-state index in [1.165, 1.54) is 0 Å². The van der Waals surface area contributed by atoms with Crippen molar-refractivity contribution in [2.24, 2.45) is 2.98 Å². The average Bonchev–Trinajstić information content (AvgIpc) is 1.76. The van der Waals surface area contributed by atoms with Crippen LogP contribution in [0, 0.1) is 0 Å². The summed E-state index contributed by atoms with van der Waals surface area (Å²) in [6, 6.07) is 0. The Morgan fingerprint density at radius 3 is 2.80 bits per heavy atom. The Balaban J connectivity index is 2.61. The topological polar surface area (TPSA) is 12.4 Å². The van der Waals surface area contributed by atoms with Crippen LogP contribution in [0.15, 0.2) is 12.9 Å². The van der Waals surface area contributed by atoms with Crippen molar-refractivity contribution in [2.75, 3.05) is 0 Å². The van der Waals surface area contributed by atoms with Crippen LogP contribution in [0.5, 0.6) is 0 Å². The first-order valence-corrected chi connectivity index (χ1v) is 4.89. The molecule has 0 amide bonds. The fraction of sp³-hybridized carbons (Fsp3) is 0. The normalized spacial score (nSPS) is 16.0. The minimum absolute atomic E-state index is 0.420. The molecule has 0 unspecified atom stereocenters. The number of rotatable bonds is 0. The number of hydrogen-bond acceptors (Lipinski definition) is 1. The molecule has 0 saturated heterocycles. The van der Waals surface area contributed by atoms with Crippen LogP contribution >= 0.6 is 0 Å². The van der Waals surface area contributed by atoms with Crippen molar-refractivity contribution in [1.82, 2.24) is 0 Å². The van der Waals surface area contributed by atoms with Crippen LogP contribution in [-0.4, -0.2) is 29.4 Å². The van der Waals surface area contributed by atoms with E-state index in [-0.39, 0.29) is 0 Å². The monoisotopic (exact) mass is 168 g/mol. The van der Waals surface area contributed by atoms with Gasteiger partial charge in [0, 0.05) is 0 Å². The van der Waals surface area contributed by atoms with Gasteiger partial charge in [-0.3, -0.25) is 0 Å². The van der Waals surface area contributed by atoms with E-state index in [4.69, 9.17) is 0 Å². The summed E-state index contributed by atoms with van der Waals surface area (Å²) in [5.41, 5.74) is 0. The van der Waals surface area contributed by atoms with Gasteiger partial charge in [-0.05, 0) is 0 Å². The van der Waals surface area contributed by atoms with Crippen LogP contribution in [0.3, 0.4) is 0 Å². The van der Waals surface area contributed by atoms with Gasteiger partial charge in [-0.1, -0.05) is 0 Å². The number of nitrogens with zero attached hydrogens (tertiary/aromatic N) is 1. The van der Waals surface area contributed by atoms with E-state index in [0.29, 0.717) is 0 Å². The molecule has 1 aliphatic heterocycles. The molecule has 0 atom stereocenters. The molecule has 0 N–H and O–H groups in total. The summed E-state index contributed by atoms with van der Waals surface area (Å²) in [5.74, 6) is 0. The molecule has 0 aromatic rings. The molecule has 1 heterocycles. The van der Waals surface area contributed by atoms with E-state index >= 15 is 0 Å². The second-order valence-electron chi connectivity index (χ2n) is 0.832. The van der Waals surface area contributed by atoms with Gasteiger partial charge in [-0.25, -0.2) is 0 Å². The maximum absolute atomic E-state index is 4.04. The molecular weight excluding hydrogens is 165 g/mol. The van der Waals surface area contributed by atoms with Crippen molar-refractivity contribution in [3.05, 3.63) is 9.91 Å². The van der Waals surface area contributed by atoms with Crippen molar-refractivity contribution >= 4 is 29.4 Å². The summed E-state index contributed by atoms with van der Waals surface area (Å²) in [6.07, 6.45) is 3.92. The van der Waals surface area contributed by atoms with Crippen LogP contribution < -0.4 is 0 Å². The second-order valence-corrected chi connectivity index (χ2v) is 3.63. The summed E-state index contributed by atoms with van der Waals surface area (Å²) in [5, 5.41) is 0. The van der Waals surface area contributed by atoms with E-state index in [2.05, 4.69) is 6.81 Å². The molecule has 1 radical (unpaired) electrons. The SMILES string of the molecule is C1=[CH][In][N]=C1. The fourth-order valence-corrected chi connectivity index (χ4v) is 1.67. The van der Waals surface area contributed by atoms with E-state index < -0.39 is 23.2 Å². The van der Waals surface area contributed by atoms with Crippen molar-refractivity contribution in [3.63, 3.8) is 0 Å². The van der Waals surface area contributed by atoms with Crippen molar-refractivity contribution in [3.8, 4) is 0 Å². The first kappa shape index (κ1) is 3.47. The maximum atomic E-state index is 4.04. The Bertz CT molecular complexity index is 65.0. The van der Waals surface area contributed by atoms with E-state index in [0.717, 1.165) is 0 Å². The van der Waals surface area contributed by atoms with Gasteiger partial charge < -0.3 is 0 Å². The average molecular weight is 168 g/mol. The van der Waals surface area contributed by atoms with Gasteiger partial charge in [-0.2, -0.15) is 0 Å². The summed E-state index contributed by atoms with van der Waals surface area (Å²) in [7, 11) is 0. The Morgan fingerprint density at radius 2 is 2.60 bits per heavy atom. The zero-order valence-corrected chi connectivity index (χ0v) is 6.05. The molecular formula is C3H3InN. The third-order valence-electron chi connectivity index (χ3n) is 0.455. The Hall–Kier alpha value is 0.280. The van der Waals surface area contributed by atoms with E-state index in [1.807, 2.05) is 12.3 Å². The molecule has 0 spiro atoms. The van der Waals surface area contributed by atoms with Gasteiger partial charge in [0.05, 0.1) is 0 Å². The summed E-state index contributed by atoms with van der Waals surface area (Å²) in [4.78, 5) is 0. The fourth-order valence-electron chi connectivity index (χ4n) is 0.248. The quantitative estimate of drug-likeness (QED) is 0.489. The van der Waals surface area contributed by atoms with Crippen molar-refractivity contribution < 1.29 is 0 Å². The Labute approximate surface area is 42.5 Å². The number of allylic oxidation sites excluding steroid dienone is 1. The Morgan fingerprint density at radius 1 is 1.60 bits per heavy atom. The van der Waals surface area contributed by atoms with Gasteiger partial charge in [0.2, 0.25) is 0 Å². The van der Waals surface area contributed by atoms with Gasteiger partial charge in [-0.15, -0.1) is 0 Å². The number of hydrogen-bond donors (Lipinski definition) is 0. The van der Waals surface area contributed by atoms with Crippen molar-refractivity contribution in [2.45, 2.75) is 0 Å². The third kappa shape index (κ3) is 0.798. The molecule has 23 valence electrons. The van der Waals surface area contributed by atoms with Crippen LogP contribution in [0.4, 0.5) is 0 Å². The van der Waals surface area contributed by atoms with E-state index in [1.54, 1.807) is 0 Å². The van der Waals surface area contributed by atoms with Crippen LogP contribution in [-0.2, 0) is 0 Å². The zero-order chi connectivity index (χ0) is 3.54. The first-order valence-electron chi connectivity index (χ1n) is 1.52. The van der Waals surface area contributed by atoms with Crippen LogP contribution in [0.25, 0.3) is 0 Å². The minimum atomic E-state index is -0.420. The molecule has 0 saturated carbocycles. The zero-order valence-electron chi connectivity index (χ0n) is 2.76. The predicted octanol–water partition coefficient (Wildman–Crippen LogP) is 0.204. The molecule has 5 heavy (non-hydrogen) atoms. The predicted molar refractivity (Wildman–Crippen MR) is 23.4 cm³/mol. The van der Waals surface area contributed by atoms with Gasteiger partial charge in [0.15, 0.2) is 0 Å². The van der Waals surface area contributed by atoms with Crippen LogP contribution in [0.1, 0.15) is 0 Å². The molecule has 0 bridgehead atoms. The second kappa shape index (κ2) is 1.65. The molecule has 2 heteroatoms. The summed E-state index contributed by atoms with van der Waals surface area (Å²) in [6.45, 7) is 0. The molecule has 0 aromatic carbocycles. The van der Waals surface area contributed by atoms with Crippen molar-refractivity contribution in [1.29, 1.82) is 0 Å². The standard InChI is InChI=1S/C3H3N.In/c1-2-3-4;/h1-3H;/q-1;+1. The molecule has 0 fully saturated rings. The molecule has 1 rings (SSSR count). The van der Waals surface area contributed by atoms with Crippen LogP contribution in [0.2, 0.25) is 0 Å². The molecule has 0 aromatic heterocycles. The Kier molecular flexibility index (Phi) is 1.15. The van der Waals surface area contributed by atoms with Gasteiger partial charge >= 0.3 is 42.3 Å². The third-order valence-corrected chi connectivity index (χ3v) is 2.56. The van der Waals surface area contributed by atoms with Gasteiger partial charge in [0.1, 0.15) is 0 Å². The summed E-state index contributed by atoms with van der Waals surface area (Å²) >= 11 is -0.420. The molecule has 1 nitrogen and oxygen atoms in total. The molecule has 1 aliphatic rings. The molecule has 0 aliphatic carbocycles.